The second-order valence-electron chi connectivity index (χ2n) is 3.50. The molecule has 0 atom stereocenters. The molecule has 94 valence electrons. The van der Waals surface area contributed by atoms with Gasteiger partial charge in [0.15, 0.2) is 0 Å². The molecule has 0 amide bonds. The van der Waals surface area contributed by atoms with Crippen LogP contribution in [0.4, 0.5) is 5.69 Å². The first-order chi connectivity index (χ1) is 9.04. The SMILES string of the molecule is N#Cc1nccn1-c1ccc([N+](=O)[O-])cc1C(=O)O. The summed E-state index contributed by atoms with van der Waals surface area (Å²) in [5, 5.41) is 28.6. The fourth-order valence-corrected chi connectivity index (χ4v) is 1.60. The van der Waals surface area contributed by atoms with Crippen molar-refractivity contribution in [3.63, 3.8) is 0 Å². The van der Waals surface area contributed by atoms with Crippen molar-refractivity contribution in [2.75, 3.05) is 0 Å². The Bertz CT molecular complexity index is 714. The topological polar surface area (TPSA) is 122 Å². The van der Waals surface area contributed by atoms with Gasteiger partial charge in [0.1, 0.15) is 6.07 Å². The Kier molecular flexibility index (Phi) is 2.95. The number of nitrogens with zero attached hydrogens (tertiary/aromatic N) is 4. The second kappa shape index (κ2) is 4.58. The van der Waals surface area contributed by atoms with Crippen LogP contribution in [0.1, 0.15) is 16.2 Å². The molecule has 0 aliphatic heterocycles. The van der Waals surface area contributed by atoms with E-state index < -0.39 is 10.9 Å². The van der Waals surface area contributed by atoms with Crippen LogP contribution in [-0.4, -0.2) is 25.6 Å². The van der Waals surface area contributed by atoms with Crippen molar-refractivity contribution >= 4 is 11.7 Å². The Labute approximate surface area is 106 Å². The lowest BCUT2D eigenvalue weighted by atomic mass is 10.1. The lowest BCUT2D eigenvalue weighted by Gasteiger charge is -2.07. The maximum atomic E-state index is 11.2. The monoisotopic (exact) mass is 258 g/mol. The molecule has 1 N–H and O–H groups in total. The van der Waals surface area contributed by atoms with Gasteiger partial charge in [-0.25, -0.2) is 9.78 Å². The van der Waals surface area contributed by atoms with Crippen LogP contribution >= 0.6 is 0 Å². The normalized spacial score (nSPS) is 9.84. The van der Waals surface area contributed by atoms with Gasteiger partial charge in [-0.2, -0.15) is 5.26 Å². The van der Waals surface area contributed by atoms with E-state index in [1.807, 2.05) is 0 Å². The van der Waals surface area contributed by atoms with E-state index in [0.717, 1.165) is 6.07 Å². The van der Waals surface area contributed by atoms with Gasteiger partial charge in [0.25, 0.3) is 5.69 Å². The maximum absolute atomic E-state index is 11.2. The Balaban J connectivity index is 2.68. The van der Waals surface area contributed by atoms with Crippen LogP contribution in [0.25, 0.3) is 5.69 Å². The molecule has 1 heterocycles. The van der Waals surface area contributed by atoms with Crippen LogP contribution in [0, 0.1) is 21.4 Å². The van der Waals surface area contributed by atoms with E-state index in [-0.39, 0.29) is 22.8 Å². The molecule has 8 nitrogen and oxygen atoms in total. The number of nitriles is 1. The Morgan fingerprint density at radius 1 is 1.53 bits per heavy atom. The average molecular weight is 258 g/mol. The fourth-order valence-electron chi connectivity index (χ4n) is 1.60. The molecule has 0 unspecified atom stereocenters. The van der Waals surface area contributed by atoms with E-state index in [1.165, 1.54) is 29.1 Å². The molecule has 0 aliphatic rings. The number of imidazole rings is 1. The lowest BCUT2D eigenvalue weighted by Crippen LogP contribution is -2.07. The number of aromatic nitrogens is 2. The number of carboxylic acids is 1. The average Bonchev–Trinajstić information content (AvgIpc) is 2.85. The number of hydrogen-bond donors (Lipinski definition) is 1. The third kappa shape index (κ3) is 2.12. The molecule has 2 rings (SSSR count). The highest BCUT2D eigenvalue weighted by Gasteiger charge is 2.18. The van der Waals surface area contributed by atoms with Crippen LogP contribution in [0.15, 0.2) is 30.6 Å². The molecule has 2 aromatic rings. The summed E-state index contributed by atoms with van der Waals surface area (Å²) in [5.41, 5.74) is -0.462. The molecule has 0 saturated carbocycles. The Hall–Kier alpha value is -3.21. The maximum Gasteiger partial charge on any atom is 0.338 e. The first-order valence-electron chi connectivity index (χ1n) is 5.00. The van der Waals surface area contributed by atoms with E-state index in [4.69, 9.17) is 10.4 Å². The van der Waals surface area contributed by atoms with E-state index in [1.54, 1.807) is 6.07 Å². The predicted octanol–water partition coefficient (Wildman–Crippen LogP) is 1.35. The molecular weight excluding hydrogens is 252 g/mol. The number of non-ortho nitro benzene ring substituents is 1. The summed E-state index contributed by atoms with van der Waals surface area (Å²) in [5.74, 6) is -1.33. The van der Waals surface area contributed by atoms with Gasteiger partial charge in [0.2, 0.25) is 5.82 Å². The van der Waals surface area contributed by atoms with Crippen molar-refractivity contribution in [1.29, 1.82) is 5.26 Å². The van der Waals surface area contributed by atoms with Gasteiger partial charge in [-0.3, -0.25) is 14.7 Å². The lowest BCUT2D eigenvalue weighted by molar-refractivity contribution is -0.384. The molecule has 0 aliphatic carbocycles. The van der Waals surface area contributed by atoms with Gasteiger partial charge < -0.3 is 5.11 Å². The fraction of sp³-hybridized carbons (Fsp3) is 0. The number of carboxylic acid groups (broad SMARTS) is 1. The minimum Gasteiger partial charge on any atom is -0.478 e. The van der Waals surface area contributed by atoms with Gasteiger partial charge in [0.05, 0.1) is 16.2 Å². The minimum absolute atomic E-state index is 0.00338. The van der Waals surface area contributed by atoms with Gasteiger partial charge >= 0.3 is 5.97 Å². The minimum atomic E-state index is -1.32. The summed E-state index contributed by atoms with van der Waals surface area (Å²) in [6, 6.07) is 5.18. The van der Waals surface area contributed by atoms with Crippen molar-refractivity contribution in [2.45, 2.75) is 0 Å². The number of nitro benzene ring substituents is 1. The molecule has 0 saturated heterocycles. The standard InChI is InChI=1S/C11H6N4O4/c12-6-10-13-3-4-14(10)9-2-1-7(15(18)19)5-8(9)11(16)17/h1-5H,(H,16,17). The van der Waals surface area contributed by atoms with Crippen molar-refractivity contribution in [1.82, 2.24) is 9.55 Å². The molecule has 0 fully saturated rings. The van der Waals surface area contributed by atoms with Crippen LogP contribution in [0.2, 0.25) is 0 Å². The molecule has 8 heteroatoms. The van der Waals surface area contributed by atoms with E-state index in [9.17, 15) is 14.9 Å². The highest BCUT2D eigenvalue weighted by atomic mass is 16.6. The van der Waals surface area contributed by atoms with E-state index in [0.29, 0.717) is 0 Å². The number of hydrogen-bond acceptors (Lipinski definition) is 5. The molecule has 19 heavy (non-hydrogen) atoms. The van der Waals surface area contributed by atoms with Crippen molar-refractivity contribution < 1.29 is 14.8 Å². The highest BCUT2D eigenvalue weighted by molar-refractivity contribution is 5.92. The molecule has 0 bridgehead atoms. The van der Waals surface area contributed by atoms with Gasteiger partial charge in [-0.05, 0) is 6.07 Å². The zero-order valence-electron chi connectivity index (χ0n) is 9.35. The number of aromatic carboxylic acids is 1. The van der Waals surface area contributed by atoms with Crippen LogP contribution in [0.5, 0.6) is 0 Å². The van der Waals surface area contributed by atoms with Crippen LogP contribution < -0.4 is 0 Å². The Morgan fingerprint density at radius 3 is 2.84 bits per heavy atom. The molecule has 1 aromatic heterocycles. The number of benzene rings is 1. The second-order valence-corrected chi connectivity index (χ2v) is 3.50. The van der Waals surface area contributed by atoms with E-state index >= 15 is 0 Å². The predicted molar refractivity (Wildman–Crippen MR) is 61.9 cm³/mol. The first-order valence-corrected chi connectivity index (χ1v) is 5.00. The highest BCUT2D eigenvalue weighted by Crippen LogP contribution is 2.22. The third-order valence-electron chi connectivity index (χ3n) is 2.42. The number of carbonyl (C=O) groups is 1. The molecular formula is C11H6N4O4. The van der Waals surface area contributed by atoms with Crippen molar-refractivity contribution in [2.24, 2.45) is 0 Å². The van der Waals surface area contributed by atoms with Gasteiger partial charge in [-0.15, -0.1) is 0 Å². The summed E-state index contributed by atoms with van der Waals surface area (Å²) < 4.78 is 1.26. The summed E-state index contributed by atoms with van der Waals surface area (Å²) in [4.78, 5) is 24.8. The smallest absolute Gasteiger partial charge is 0.338 e. The summed E-state index contributed by atoms with van der Waals surface area (Å²) in [6.07, 6.45) is 2.75. The summed E-state index contributed by atoms with van der Waals surface area (Å²) >= 11 is 0. The molecule has 1 aromatic carbocycles. The zero-order chi connectivity index (χ0) is 14.0. The van der Waals surface area contributed by atoms with Crippen LogP contribution in [0.3, 0.4) is 0 Å². The van der Waals surface area contributed by atoms with Crippen molar-refractivity contribution in [3.8, 4) is 11.8 Å². The van der Waals surface area contributed by atoms with Crippen LogP contribution in [-0.2, 0) is 0 Å². The molecule has 0 spiro atoms. The Morgan fingerprint density at radius 2 is 2.26 bits per heavy atom. The summed E-state index contributed by atoms with van der Waals surface area (Å²) in [6.45, 7) is 0. The van der Waals surface area contributed by atoms with Crippen molar-refractivity contribution in [3.05, 3.63) is 52.1 Å². The zero-order valence-corrected chi connectivity index (χ0v) is 9.35. The van der Waals surface area contributed by atoms with E-state index in [2.05, 4.69) is 4.98 Å². The number of rotatable bonds is 3. The van der Waals surface area contributed by atoms with Gasteiger partial charge in [-0.1, -0.05) is 0 Å². The number of nitro groups is 1. The van der Waals surface area contributed by atoms with Gasteiger partial charge in [0, 0.05) is 24.5 Å². The largest absolute Gasteiger partial charge is 0.478 e. The summed E-state index contributed by atoms with van der Waals surface area (Å²) in [7, 11) is 0. The third-order valence-corrected chi connectivity index (χ3v) is 2.42. The molecule has 0 radical (unpaired) electrons. The first kappa shape index (κ1) is 12.3. The quantitative estimate of drug-likeness (QED) is 0.654.